The predicted octanol–water partition coefficient (Wildman–Crippen LogP) is 4.92. The number of aromatic nitrogens is 1. The molecule has 0 bridgehead atoms. The van der Waals surface area contributed by atoms with Gasteiger partial charge in [0.15, 0.2) is 4.80 Å². The van der Waals surface area contributed by atoms with E-state index in [1.54, 1.807) is 23.5 Å². The molecule has 3 aromatic rings. The van der Waals surface area contributed by atoms with Crippen molar-refractivity contribution in [3.63, 3.8) is 0 Å². The molecule has 1 fully saturated rings. The first-order valence-electron chi connectivity index (χ1n) is 7.37. The molecule has 22 heavy (non-hydrogen) atoms. The zero-order valence-electron chi connectivity index (χ0n) is 11.9. The molecule has 1 aliphatic rings. The second-order valence-corrected chi connectivity index (χ2v) is 6.30. The second kappa shape index (κ2) is 5.54. The maximum absolute atomic E-state index is 13.0. The van der Waals surface area contributed by atoms with E-state index in [1.165, 1.54) is 36.2 Å². The molecule has 2 nitrogen and oxygen atoms in total. The Morgan fingerprint density at radius 2 is 1.73 bits per heavy atom. The molecule has 0 spiro atoms. The van der Waals surface area contributed by atoms with E-state index in [4.69, 9.17) is 4.99 Å². The van der Waals surface area contributed by atoms with Gasteiger partial charge in [-0.05, 0) is 42.7 Å². The zero-order valence-corrected chi connectivity index (χ0v) is 12.8. The lowest BCUT2D eigenvalue weighted by Crippen LogP contribution is -2.14. The molecule has 4 rings (SSSR count). The van der Waals surface area contributed by atoms with Crippen LogP contribution in [0.1, 0.15) is 18.9 Å². The van der Waals surface area contributed by atoms with Crippen molar-refractivity contribution in [1.29, 1.82) is 0 Å². The van der Waals surface area contributed by atoms with E-state index in [9.17, 15) is 4.39 Å². The lowest BCUT2D eigenvalue weighted by molar-refractivity contribution is 0.628. The summed E-state index contributed by atoms with van der Waals surface area (Å²) in [5.74, 6) is -0.231. The van der Waals surface area contributed by atoms with Crippen LogP contribution in [0.3, 0.4) is 0 Å². The quantitative estimate of drug-likeness (QED) is 0.653. The molecule has 4 heteroatoms. The van der Waals surface area contributed by atoms with Crippen molar-refractivity contribution in [3.05, 3.63) is 70.6 Å². The van der Waals surface area contributed by atoms with Crippen LogP contribution >= 0.6 is 11.3 Å². The Labute approximate surface area is 132 Å². The molecule has 1 heterocycles. The van der Waals surface area contributed by atoms with E-state index < -0.39 is 0 Å². The highest BCUT2D eigenvalue weighted by Crippen LogP contribution is 2.38. The van der Waals surface area contributed by atoms with Crippen LogP contribution < -0.4 is 4.80 Å². The van der Waals surface area contributed by atoms with Crippen LogP contribution in [0.4, 0.5) is 10.1 Å². The summed E-state index contributed by atoms with van der Waals surface area (Å²) >= 11 is 1.64. The van der Waals surface area contributed by atoms with Crippen LogP contribution in [0.2, 0.25) is 0 Å². The Morgan fingerprint density at radius 1 is 1.00 bits per heavy atom. The van der Waals surface area contributed by atoms with Crippen molar-refractivity contribution in [3.8, 4) is 11.3 Å². The second-order valence-electron chi connectivity index (χ2n) is 5.46. The molecule has 0 N–H and O–H groups in total. The van der Waals surface area contributed by atoms with Gasteiger partial charge in [0.05, 0.1) is 11.4 Å². The first kappa shape index (κ1) is 13.5. The molecule has 2 aromatic carbocycles. The molecule has 0 radical (unpaired) electrons. The maximum Gasteiger partial charge on any atom is 0.190 e. The Morgan fingerprint density at radius 3 is 2.41 bits per heavy atom. The van der Waals surface area contributed by atoms with Gasteiger partial charge in [-0.25, -0.2) is 9.38 Å². The van der Waals surface area contributed by atoms with E-state index >= 15 is 0 Å². The Hall–Kier alpha value is -2.20. The zero-order chi connectivity index (χ0) is 14.9. The van der Waals surface area contributed by atoms with Crippen molar-refractivity contribution in [2.75, 3.05) is 0 Å². The fraction of sp³-hybridized carbons (Fsp3) is 0.167. The Balaban J connectivity index is 1.84. The molecule has 0 amide bonds. The van der Waals surface area contributed by atoms with E-state index in [-0.39, 0.29) is 5.82 Å². The average Bonchev–Trinajstić information content (AvgIpc) is 3.31. The molecule has 1 aromatic heterocycles. The van der Waals surface area contributed by atoms with E-state index in [0.717, 1.165) is 10.5 Å². The van der Waals surface area contributed by atoms with Crippen molar-refractivity contribution in [1.82, 2.24) is 4.57 Å². The number of hydrogen-bond acceptors (Lipinski definition) is 2. The Kier molecular flexibility index (Phi) is 3.39. The first-order valence-corrected chi connectivity index (χ1v) is 8.25. The van der Waals surface area contributed by atoms with Gasteiger partial charge >= 0.3 is 0 Å². The molecule has 0 aliphatic heterocycles. The highest BCUT2D eigenvalue weighted by atomic mass is 32.1. The first-order chi connectivity index (χ1) is 10.8. The minimum Gasteiger partial charge on any atom is -0.313 e. The molecular weight excluding hydrogens is 295 g/mol. The lowest BCUT2D eigenvalue weighted by Gasteiger charge is -2.07. The maximum atomic E-state index is 13.0. The molecule has 0 atom stereocenters. The topological polar surface area (TPSA) is 17.3 Å². The van der Waals surface area contributed by atoms with Gasteiger partial charge < -0.3 is 4.57 Å². The number of hydrogen-bond donors (Lipinski definition) is 0. The van der Waals surface area contributed by atoms with E-state index in [0.29, 0.717) is 6.04 Å². The molecular formula is C18H15FN2S. The SMILES string of the molecule is Fc1ccc(N=c2scc(-c3ccccc3)n2C2CC2)cc1. The third-order valence-corrected chi connectivity index (χ3v) is 4.61. The van der Waals surface area contributed by atoms with E-state index in [2.05, 4.69) is 34.2 Å². The highest BCUT2D eigenvalue weighted by molar-refractivity contribution is 7.07. The highest BCUT2D eigenvalue weighted by Gasteiger charge is 2.27. The smallest absolute Gasteiger partial charge is 0.190 e. The third kappa shape index (κ3) is 2.62. The molecule has 0 saturated heterocycles. The Bertz CT molecular complexity index is 843. The van der Waals surface area contributed by atoms with Crippen molar-refractivity contribution in [2.45, 2.75) is 18.9 Å². The predicted molar refractivity (Wildman–Crippen MR) is 87.6 cm³/mol. The number of thiazole rings is 1. The summed E-state index contributed by atoms with van der Waals surface area (Å²) in [5, 5.41) is 2.16. The molecule has 0 unspecified atom stereocenters. The van der Waals surface area contributed by atoms with Crippen LogP contribution in [-0.4, -0.2) is 4.57 Å². The van der Waals surface area contributed by atoms with Crippen molar-refractivity contribution >= 4 is 17.0 Å². The fourth-order valence-electron chi connectivity index (χ4n) is 2.53. The van der Waals surface area contributed by atoms with Gasteiger partial charge in [-0.1, -0.05) is 30.3 Å². The minimum atomic E-state index is -0.231. The van der Waals surface area contributed by atoms with Gasteiger partial charge in [-0.15, -0.1) is 11.3 Å². The summed E-state index contributed by atoms with van der Waals surface area (Å²) < 4.78 is 15.3. The van der Waals surface area contributed by atoms with Crippen LogP contribution in [-0.2, 0) is 0 Å². The lowest BCUT2D eigenvalue weighted by atomic mass is 10.2. The summed E-state index contributed by atoms with van der Waals surface area (Å²) in [7, 11) is 0. The summed E-state index contributed by atoms with van der Waals surface area (Å²) in [4.78, 5) is 5.68. The van der Waals surface area contributed by atoms with Crippen LogP contribution in [0.25, 0.3) is 11.3 Å². The van der Waals surface area contributed by atoms with Gasteiger partial charge in [0.1, 0.15) is 5.82 Å². The van der Waals surface area contributed by atoms with Crippen molar-refractivity contribution in [2.24, 2.45) is 4.99 Å². The van der Waals surface area contributed by atoms with Gasteiger partial charge in [0, 0.05) is 11.4 Å². The summed E-state index contributed by atoms with van der Waals surface area (Å²) in [6, 6.07) is 17.3. The molecule has 1 aliphatic carbocycles. The van der Waals surface area contributed by atoms with E-state index in [1.807, 2.05) is 6.07 Å². The number of halogens is 1. The van der Waals surface area contributed by atoms with Gasteiger partial charge in [-0.2, -0.15) is 0 Å². The summed E-state index contributed by atoms with van der Waals surface area (Å²) in [6.07, 6.45) is 2.40. The van der Waals surface area contributed by atoms with Gasteiger partial charge in [0.2, 0.25) is 0 Å². The fourth-order valence-corrected chi connectivity index (χ4v) is 3.52. The van der Waals surface area contributed by atoms with Crippen LogP contribution in [0, 0.1) is 5.82 Å². The average molecular weight is 310 g/mol. The molecule has 110 valence electrons. The number of nitrogens with zero attached hydrogens (tertiary/aromatic N) is 2. The normalized spacial score (nSPS) is 15.2. The largest absolute Gasteiger partial charge is 0.313 e. The third-order valence-electron chi connectivity index (χ3n) is 3.77. The van der Waals surface area contributed by atoms with Crippen LogP contribution in [0.15, 0.2) is 65.0 Å². The summed E-state index contributed by atoms with van der Waals surface area (Å²) in [6.45, 7) is 0. The van der Waals surface area contributed by atoms with Crippen LogP contribution in [0.5, 0.6) is 0 Å². The number of benzene rings is 2. The van der Waals surface area contributed by atoms with Gasteiger partial charge in [0.25, 0.3) is 0 Å². The molecule has 1 saturated carbocycles. The number of rotatable bonds is 3. The van der Waals surface area contributed by atoms with Crippen molar-refractivity contribution < 1.29 is 4.39 Å². The van der Waals surface area contributed by atoms with Gasteiger partial charge in [-0.3, -0.25) is 0 Å². The summed E-state index contributed by atoms with van der Waals surface area (Å²) in [5.41, 5.74) is 3.22. The minimum absolute atomic E-state index is 0.231. The monoisotopic (exact) mass is 310 g/mol. The standard InChI is InChI=1S/C18H15FN2S/c19-14-6-8-15(9-7-14)20-18-21(16-10-11-16)17(12-22-18)13-4-2-1-3-5-13/h1-9,12,16H,10-11H2.